The number of rotatable bonds is 2. The van der Waals surface area contributed by atoms with Crippen molar-refractivity contribution in [2.24, 2.45) is 0 Å². The third-order valence-corrected chi connectivity index (χ3v) is 3.42. The number of para-hydroxylation sites is 1. The van der Waals surface area contributed by atoms with Crippen molar-refractivity contribution in [1.82, 2.24) is 14.6 Å². The lowest BCUT2D eigenvalue weighted by atomic mass is 10.2. The first-order chi connectivity index (χ1) is 10.3. The van der Waals surface area contributed by atoms with Crippen LogP contribution >= 0.6 is 0 Å². The lowest BCUT2D eigenvalue weighted by Gasteiger charge is -2.07. The van der Waals surface area contributed by atoms with E-state index in [1.165, 1.54) is 0 Å². The number of ether oxygens (including phenoxy) is 1. The van der Waals surface area contributed by atoms with Crippen LogP contribution in [-0.4, -0.2) is 21.7 Å². The Bertz CT molecular complexity index is 941. The maximum atomic E-state index is 6.02. The molecule has 0 aliphatic rings. The van der Waals surface area contributed by atoms with E-state index in [-0.39, 0.29) is 0 Å². The molecular formula is C15H12N4O2. The molecule has 21 heavy (non-hydrogen) atoms. The molecule has 0 spiro atoms. The smallest absolute Gasteiger partial charge is 0.222 e. The molecule has 3 heterocycles. The molecule has 6 nitrogen and oxygen atoms in total. The summed E-state index contributed by atoms with van der Waals surface area (Å²) in [6.45, 7) is 0. The lowest BCUT2D eigenvalue weighted by Crippen LogP contribution is -2.03. The fourth-order valence-corrected chi connectivity index (χ4v) is 2.46. The van der Waals surface area contributed by atoms with E-state index in [0.717, 1.165) is 16.4 Å². The predicted octanol–water partition coefficient (Wildman–Crippen LogP) is 2.73. The van der Waals surface area contributed by atoms with Crippen LogP contribution in [0.3, 0.4) is 0 Å². The Morgan fingerprint density at radius 2 is 2.14 bits per heavy atom. The summed E-state index contributed by atoms with van der Waals surface area (Å²) in [4.78, 5) is 4.39. The topological polar surface area (TPSA) is 78.6 Å². The third-order valence-electron chi connectivity index (χ3n) is 3.42. The summed E-state index contributed by atoms with van der Waals surface area (Å²) in [5, 5.41) is 5.38. The van der Waals surface area contributed by atoms with E-state index in [1.54, 1.807) is 17.9 Å². The molecule has 6 heteroatoms. The molecule has 3 aromatic heterocycles. The monoisotopic (exact) mass is 280 g/mol. The number of anilines is 1. The van der Waals surface area contributed by atoms with E-state index < -0.39 is 0 Å². The van der Waals surface area contributed by atoms with Gasteiger partial charge >= 0.3 is 0 Å². The largest absolute Gasteiger partial charge is 0.494 e. The zero-order valence-electron chi connectivity index (χ0n) is 11.3. The van der Waals surface area contributed by atoms with Crippen LogP contribution in [0.4, 0.5) is 5.95 Å². The maximum absolute atomic E-state index is 6.02. The summed E-state index contributed by atoms with van der Waals surface area (Å²) < 4.78 is 12.3. The quantitative estimate of drug-likeness (QED) is 0.610. The number of fused-ring (bicyclic) bond motifs is 3. The number of aromatic nitrogens is 3. The number of benzene rings is 1. The highest BCUT2D eigenvalue weighted by molar-refractivity contribution is 5.98. The SMILES string of the molecule is COc1cccc2c1nc(N)n1nc(-c3ccco3)cc21. The van der Waals surface area contributed by atoms with Gasteiger partial charge in [-0.25, -0.2) is 4.98 Å². The minimum absolute atomic E-state index is 0.305. The van der Waals surface area contributed by atoms with Crippen LogP contribution in [0.25, 0.3) is 27.9 Å². The number of nitrogens with zero attached hydrogens (tertiary/aromatic N) is 3. The van der Waals surface area contributed by atoms with Crippen molar-refractivity contribution in [3.05, 3.63) is 42.7 Å². The van der Waals surface area contributed by atoms with E-state index in [4.69, 9.17) is 14.9 Å². The second kappa shape index (κ2) is 4.24. The fraction of sp³-hybridized carbons (Fsp3) is 0.0667. The number of furan rings is 1. The highest BCUT2D eigenvalue weighted by atomic mass is 16.5. The molecule has 0 aliphatic heterocycles. The molecule has 0 saturated heterocycles. The van der Waals surface area contributed by atoms with Crippen LogP contribution in [0, 0.1) is 0 Å². The highest BCUT2D eigenvalue weighted by Crippen LogP contribution is 2.30. The van der Waals surface area contributed by atoms with Crippen molar-refractivity contribution in [3.8, 4) is 17.2 Å². The van der Waals surface area contributed by atoms with Gasteiger partial charge in [0.15, 0.2) is 5.76 Å². The van der Waals surface area contributed by atoms with E-state index >= 15 is 0 Å². The van der Waals surface area contributed by atoms with Crippen molar-refractivity contribution in [1.29, 1.82) is 0 Å². The zero-order chi connectivity index (χ0) is 14.4. The van der Waals surface area contributed by atoms with Crippen LogP contribution < -0.4 is 10.5 Å². The van der Waals surface area contributed by atoms with Crippen molar-refractivity contribution >= 4 is 22.4 Å². The van der Waals surface area contributed by atoms with Gasteiger partial charge in [0.2, 0.25) is 5.95 Å². The molecular weight excluding hydrogens is 268 g/mol. The van der Waals surface area contributed by atoms with Gasteiger partial charge in [-0.05, 0) is 24.3 Å². The molecule has 0 bridgehead atoms. The first kappa shape index (κ1) is 11.8. The van der Waals surface area contributed by atoms with E-state index in [9.17, 15) is 0 Å². The van der Waals surface area contributed by atoms with E-state index in [2.05, 4.69) is 10.1 Å². The van der Waals surface area contributed by atoms with Crippen LogP contribution in [0.5, 0.6) is 5.75 Å². The van der Waals surface area contributed by atoms with Gasteiger partial charge in [-0.1, -0.05) is 12.1 Å². The number of nitrogens with two attached hydrogens (primary N) is 1. The first-order valence-electron chi connectivity index (χ1n) is 6.44. The number of hydrogen-bond acceptors (Lipinski definition) is 5. The predicted molar refractivity (Wildman–Crippen MR) is 79.2 cm³/mol. The standard InChI is InChI=1S/C15H12N4O2/c1-20-13-5-2-4-9-11-8-10(12-6-3-7-21-12)18-19(11)15(16)17-14(9)13/h2-8H,1H3,(H2,16,17). The molecule has 0 atom stereocenters. The van der Waals surface area contributed by atoms with Gasteiger partial charge < -0.3 is 14.9 Å². The summed E-state index contributed by atoms with van der Waals surface area (Å²) in [5.41, 5.74) is 8.31. The number of hydrogen-bond donors (Lipinski definition) is 1. The van der Waals surface area contributed by atoms with Gasteiger partial charge in [0.05, 0.1) is 18.9 Å². The van der Waals surface area contributed by atoms with Gasteiger partial charge in [0, 0.05) is 5.39 Å². The van der Waals surface area contributed by atoms with Gasteiger partial charge in [-0.3, -0.25) is 0 Å². The maximum Gasteiger partial charge on any atom is 0.222 e. The second-order valence-electron chi connectivity index (χ2n) is 4.63. The van der Waals surface area contributed by atoms with Crippen molar-refractivity contribution in [3.63, 3.8) is 0 Å². The Hall–Kier alpha value is -3.02. The molecule has 2 N–H and O–H groups in total. The molecule has 0 saturated carbocycles. The second-order valence-corrected chi connectivity index (χ2v) is 4.63. The third kappa shape index (κ3) is 1.66. The Morgan fingerprint density at radius 3 is 2.90 bits per heavy atom. The Morgan fingerprint density at radius 1 is 1.24 bits per heavy atom. The molecule has 4 rings (SSSR count). The molecule has 104 valence electrons. The molecule has 0 amide bonds. The van der Waals surface area contributed by atoms with Crippen LogP contribution in [0.1, 0.15) is 0 Å². The molecule has 0 radical (unpaired) electrons. The summed E-state index contributed by atoms with van der Waals surface area (Å²) in [7, 11) is 1.61. The van der Waals surface area contributed by atoms with Crippen molar-refractivity contribution < 1.29 is 9.15 Å². The van der Waals surface area contributed by atoms with Crippen molar-refractivity contribution in [2.75, 3.05) is 12.8 Å². The Labute approximate surface area is 119 Å². The first-order valence-corrected chi connectivity index (χ1v) is 6.44. The summed E-state index contributed by atoms with van der Waals surface area (Å²) in [6, 6.07) is 11.3. The minimum atomic E-state index is 0.305. The van der Waals surface area contributed by atoms with Crippen LogP contribution in [0.15, 0.2) is 47.1 Å². The highest BCUT2D eigenvalue weighted by Gasteiger charge is 2.14. The summed E-state index contributed by atoms with van der Waals surface area (Å²) >= 11 is 0. The molecule has 0 unspecified atom stereocenters. The minimum Gasteiger partial charge on any atom is -0.494 e. The van der Waals surface area contributed by atoms with E-state index in [1.807, 2.05) is 36.4 Å². The van der Waals surface area contributed by atoms with Gasteiger partial charge in [-0.2, -0.15) is 9.61 Å². The fourth-order valence-electron chi connectivity index (χ4n) is 2.46. The molecule has 0 aliphatic carbocycles. The normalized spacial score (nSPS) is 11.3. The van der Waals surface area contributed by atoms with E-state index in [0.29, 0.717) is 23.2 Å². The van der Waals surface area contributed by atoms with Gasteiger partial charge in [-0.15, -0.1) is 0 Å². The zero-order valence-corrected chi connectivity index (χ0v) is 11.3. The summed E-state index contributed by atoms with van der Waals surface area (Å²) in [5.74, 6) is 1.68. The van der Waals surface area contributed by atoms with Crippen LogP contribution in [0.2, 0.25) is 0 Å². The molecule has 1 aromatic carbocycles. The Balaban J connectivity index is 2.10. The van der Waals surface area contributed by atoms with Crippen LogP contribution in [-0.2, 0) is 0 Å². The Kier molecular flexibility index (Phi) is 2.38. The molecule has 4 aromatic rings. The van der Waals surface area contributed by atoms with Crippen molar-refractivity contribution in [2.45, 2.75) is 0 Å². The average molecular weight is 280 g/mol. The number of methoxy groups -OCH3 is 1. The average Bonchev–Trinajstić information content (AvgIpc) is 3.16. The number of nitrogen functional groups attached to an aromatic ring is 1. The lowest BCUT2D eigenvalue weighted by molar-refractivity contribution is 0.419. The van der Waals surface area contributed by atoms with Gasteiger partial charge in [0.1, 0.15) is 17.0 Å². The summed E-state index contributed by atoms with van der Waals surface area (Å²) in [6.07, 6.45) is 1.61. The van der Waals surface area contributed by atoms with Gasteiger partial charge in [0.25, 0.3) is 0 Å². The molecule has 0 fully saturated rings.